The summed E-state index contributed by atoms with van der Waals surface area (Å²) in [5.41, 5.74) is 0. The predicted molar refractivity (Wildman–Crippen MR) is 80.1 cm³/mol. The molecule has 21 heavy (non-hydrogen) atoms. The van der Waals surface area contributed by atoms with Crippen molar-refractivity contribution in [3.05, 3.63) is 0 Å². The van der Waals surface area contributed by atoms with Gasteiger partial charge in [-0.1, -0.05) is 19.8 Å². The van der Waals surface area contributed by atoms with E-state index in [1.165, 1.54) is 12.8 Å². The van der Waals surface area contributed by atoms with Crippen LogP contribution in [-0.2, 0) is 9.59 Å². The third-order valence-corrected chi connectivity index (χ3v) is 4.49. The molecule has 0 unspecified atom stereocenters. The summed E-state index contributed by atoms with van der Waals surface area (Å²) in [6.07, 6.45) is 4.68. The zero-order chi connectivity index (χ0) is 15.2. The molecule has 0 aromatic rings. The normalized spacial score (nSPS) is 28.2. The Morgan fingerprint density at radius 2 is 1.71 bits per heavy atom. The summed E-state index contributed by atoms with van der Waals surface area (Å²) in [7, 11) is 0. The predicted octanol–water partition coefficient (Wildman–Crippen LogP) is 0.384. The number of carbonyl (C=O) groups excluding carboxylic acids is 1. The molecule has 0 aromatic heterocycles. The third-order valence-electron chi connectivity index (χ3n) is 4.49. The van der Waals surface area contributed by atoms with Crippen molar-refractivity contribution in [2.24, 2.45) is 5.92 Å². The largest absolute Gasteiger partial charge is 0.480 e. The number of carboxylic acid groups (broad SMARTS) is 1. The second-order valence-corrected chi connectivity index (χ2v) is 6.48. The Kier molecular flexibility index (Phi) is 5.99. The standard InChI is InChI=1S/C15H27N3O3/c1-12-3-2-4-13(9-12)16-14(19)10-17-5-7-18(8-6-17)11-15(20)21/h12-13H,2-11H2,1H3,(H,16,19)(H,20,21)/t12-,13-/m0/s1. The smallest absolute Gasteiger partial charge is 0.317 e. The van der Waals surface area contributed by atoms with Crippen LogP contribution in [0, 0.1) is 5.92 Å². The van der Waals surface area contributed by atoms with Gasteiger partial charge in [0, 0.05) is 32.2 Å². The minimum atomic E-state index is -0.785. The molecule has 120 valence electrons. The number of rotatable bonds is 5. The maximum absolute atomic E-state index is 12.1. The Morgan fingerprint density at radius 1 is 1.10 bits per heavy atom. The Hall–Kier alpha value is -1.14. The molecule has 2 N–H and O–H groups in total. The summed E-state index contributed by atoms with van der Waals surface area (Å²) in [4.78, 5) is 26.8. The second kappa shape index (κ2) is 7.75. The zero-order valence-corrected chi connectivity index (χ0v) is 12.9. The van der Waals surface area contributed by atoms with Crippen molar-refractivity contribution in [2.45, 2.75) is 38.6 Å². The van der Waals surface area contributed by atoms with Crippen molar-refractivity contribution < 1.29 is 14.7 Å². The van der Waals surface area contributed by atoms with Crippen molar-refractivity contribution in [3.63, 3.8) is 0 Å². The van der Waals surface area contributed by atoms with Crippen molar-refractivity contribution in [2.75, 3.05) is 39.3 Å². The average Bonchev–Trinajstić information content (AvgIpc) is 2.40. The molecule has 1 saturated heterocycles. The van der Waals surface area contributed by atoms with Gasteiger partial charge in [-0.2, -0.15) is 0 Å². The molecule has 2 rings (SSSR count). The van der Waals surface area contributed by atoms with Gasteiger partial charge in [0.25, 0.3) is 0 Å². The summed E-state index contributed by atoms with van der Waals surface area (Å²) in [6.45, 7) is 5.76. The van der Waals surface area contributed by atoms with E-state index in [-0.39, 0.29) is 12.5 Å². The third kappa shape index (κ3) is 5.63. The van der Waals surface area contributed by atoms with Crippen LogP contribution >= 0.6 is 0 Å². The van der Waals surface area contributed by atoms with Gasteiger partial charge in [0.1, 0.15) is 0 Å². The molecular formula is C15H27N3O3. The summed E-state index contributed by atoms with van der Waals surface area (Å²) < 4.78 is 0. The molecule has 1 aliphatic carbocycles. The lowest BCUT2D eigenvalue weighted by Crippen LogP contribution is -2.51. The number of carbonyl (C=O) groups is 2. The van der Waals surface area contributed by atoms with Gasteiger partial charge in [0.15, 0.2) is 0 Å². The fourth-order valence-corrected chi connectivity index (χ4v) is 3.34. The molecule has 2 aliphatic rings. The summed E-state index contributed by atoms with van der Waals surface area (Å²) >= 11 is 0. The number of nitrogens with zero attached hydrogens (tertiary/aromatic N) is 2. The van der Waals surface area contributed by atoms with E-state index in [1.54, 1.807) is 0 Å². The van der Waals surface area contributed by atoms with Gasteiger partial charge in [-0.3, -0.25) is 19.4 Å². The van der Waals surface area contributed by atoms with Crippen molar-refractivity contribution in [1.29, 1.82) is 0 Å². The van der Waals surface area contributed by atoms with E-state index in [4.69, 9.17) is 5.11 Å². The monoisotopic (exact) mass is 297 g/mol. The van der Waals surface area contributed by atoms with Crippen LogP contribution in [0.3, 0.4) is 0 Å². The highest BCUT2D eigenvalue weighted by atomic mass is 16.4. The van der Waals surface area contributed by atoms with Gasteiger partial charge < -0.3 is 10.4 Å². The first-order valence-electron chi connectivity index (χ1n) is 7.99. The van der Waals surface area contributed by atoms with E-state index in [2.05, 4.69) is 17.1 Å². The van der Waals surface area contributed by atoms with E-state index < -0.39 is 5.97 Å². The minimum Gasteiger partial charge on any atom is -0.480 e. The molecule has 6 heteroatoms. The van der Waals surface area contributed by atoms with Crippen LogP contribution in [0.2, 0.25) is 0 Å². The first kappa shape index (κ1) is 16.2. The first-order chi connectivity index (χ1) is 10.0. The fourth-order valence-electron chi connectivity index (χ4n) is 3.34. The van der Waals surface area contributed by atoms with Crippen molar-refractivity contribution in [1.82, 2.24) is 15.1 Å². The minimum absolute atomic E-state index is 0.0972. The maximum Gasteiger partial charge on any atom is 0.317 e. The van der Waals surface area contributed by atoms with E-state index in [0.29, 0.717) is 18.5 Å². The van der Waals surface area contributed by atoms with Crippen LogP contribution in [0.5, 0.6) is 0 Å². The highest BCUT2D eigenvalue weighted by Crippen LogP contribution is 2.23. The molecular weight excluding hydrogens is 270 g/mol. The van der Waals surface area contributed by atoms with Gasteiger partial charge in [-0.05, 0) is 18.8 Å². The van der Waals surface area contributed by atoms with Gasteiger partial charge in [0.2, 0.25) is 5.91 Å². The molecule has 2 atom stereocenters. The number of hydrogen-bond donors (Lipinski definition) is 2. The van der Waals surface area contributed by atoms with Gasteiger partial charge in [-0.25, -0.2) is 0 Å². The lowest BCUT2D eigenvalue weighted by molar-refractivity contribution is -0.139. The number of carboxylic acids is 1. The summed E-state index contributed by atoms with van der Waals surface area (Å²) in [5.74, 6) is 0.0389. The molecule has 0 radical (unpaired) electrons. The van der Waals surface area contributed by atoms with E-state index in [0.717, 1.165) is 39.0 Å². The Balaban J connectivity index is 1.66. The van der Waals surface area contributed by atoms with Crippen LogP contribution in [-0.4, -0.2) is 72.1 Å². The fraction of sp³-hybridized carbons (Fsp3) is 0.867. The molecule has 0 bridgehead atoms. The highest BCUT2D eigenvalue weighted by molar-refractivity contribution is 5.78. The van der Waals surface area contributed by atoms with E-state index >= 15 is 0 Å². The van der Waals surface area contributed by atoms with Gasteiger partial charge >= 0.3 is 5.97 Å². The number of hydrogen-bond acceptors (Lipinski definition) is 4. The molecule has 1 amide bonds. The Morgan fingerprint density at radius 3 is 2.29 bits per heavy atom. The number of nitrogens with one attached hydrogen (secondary N) is 1. The van der Waals surface area contributed by atoms with Crippen LogP contribution in [0.15, 0.2) is 0 Å². The quantitative estimate of drug-likeness (QED) is 0.768. The molecule has 6 nitrogen and oxygen atoms in total. The summed E-state index contributed by atoms with van der Waals surface area (Å²) in [5, 5.41) is 11.9. The van der Waals surface area contributed by atoms with Gasteiger partial charge in [0.05, 0.1) is 13.1 Å². The lowest BCUT2D eigenvalue weighted by atomic mass is 9.87. The van der Waals surface area contributed by atoms with E-state index in [1.807, 2.05) is 4.90 Å². The molecule has 2 fully saturated rings. The molecule has 1 heterocycles. The van der Waals surface area contributed by atoms with Crippen molar-refractivity contribution in [3.8, 4) is 0 Å². The molecule has 1 aliphatic heterocycles. The van der Waals surface area contributed by atoms with Crippen LogP contribution in [0.4, 0.5) is 0 Å². The maximum atomic E-state index is 12.1. The van der Waals surface area contributed by atoms with Crippen molar-refractivity contribution >= 4 is 11.9 Å². The Labute approximate surface area is 126 Å². The zero-order valence-electron chi connectivity index (χ0n) is 12.9. The Bertz CT molecular complexity index is 367. The van der Waals surface area contributed by atoms with Crippen LogP contribution in [0.1, 0.15) is 32.6 Å². The van der Waals surface area contributed by atoms with Gasteiger partial charge in [-0.15, -0.1) is 0 Å². The average molecular weight is 297 g/mol. The lowest BCUT2D eigenvalue weighted by Gasteiger charge is -2.34. The number of amides is 1. The molecule has 0 spiro atoms. The highest BCUT2D eigenvalue weighted by Gasteiger charge is 2.23. The van der Waals surface area contributed by atoms with E-state index in [9.17, 15) is 9.59 Å². The topological polar surface area (TPSA) is 72.9 Å². The van der Waals surface area contributed by atoms with Crippen LogP contribution < -0.4 is 5.32 Å². The second-order valence-electron chi connectivity index (χ2n) is 6.48. The van der Waals surface area contributed by atoms with Crippen LogP contribution in [0.25, 0.3) is 0 Å². The number of piperazine rings is 1. The molecule has 1 saturated carbocycles. The number of aliphatic carboxylic acids is 1. The first-order valence-corrected chi connectivity index (χ1v) is 7.99. The molecule has 0 aromatic carbocycles. The SMILES string of the molecule is C[C@H]1CCC[C@H](NC(=O)CN2CCN(CC(=O)O)CC2)C1. The summed E-state index contributed by atoms with van der Waals surface area (Å²) in [6, 6.07) is 0.342.